The highest BCUT2D eigenvalue weighted by atomic mass is 32.1. The van der Waals surface area contributed by atoms with Crippen molar-refractivity contribution < 1.29 is 33.8 Å². The lowest BCUT2D eigenvalue weighted by atomic mass is 9.73. The molecule has 1 amide bonds. The lowest BCUT2D eigenvalue weighted by Crippen LogP contribution is -2.43. The van der Waals surface area contributed by atoms with Crippen LogP contribution in [-0.4, -0.2) is 51.5 Å². The number of hydrogen-bond donors (Lipinski definition) is 2. The number of thiazole rings is 1. The van der Waals surface area contributed by atoms with E-state index in [-0.39, 0.29) is 18.2 Å². The zero-order chi connectivity index (χ0) is 31.8. The monoisotopic (exact) mass is 606 g/mol. The zero-order valence-electron chi connectivity index (χ0n) is 26.7. The molecule has 0 spiro atoms. The van der Waals surface area contributed by atoms with E-state index in [0.717, 1.165) is 31.3 Å². The molecule has 1 aromatic rings. The highest BCUT2D eigenvalue weighted by Gasteiger charge is 2.42. The van der Waals surface area contributed by atoms with E-state index in [1.54, 1.807) is 27.7 Å². The molecule has 42 heavy (non-hydrogen) atoms. The summed E-state index contributed by atoms with van der Waals surface area (Å²) < 4.78 is 11.1. The third-order valence-electron chi connectivity index (χ3n) is 7.91. The second-order valence-electron chi connectivity index (χ2n) is 13.3. The van der Waals surface area contributed by atoms with Gasteiger partial charge in [0, 0.05) is 11.3 Å². The number of carbonyl (C=O) groups is 4. The Morgan fingerprint density at radius 1 is 1.17 bits per heavy atom. The molecule has 9 nitrogen and oxygen atoms in total. The number of hydrogen-bond acceptors (Lipinski definition) is 9. The molecule has 0 aliphatic carbocycles. The van der Waals surface area contributed by atoms with Crippen LogP contribution in [0.3, 0.4) is 0 Å². The maximum atomic E-state index is 13.2. The maximum absolute atomic E-state index is 13.2. The Hall–Kier alpha value is -2.59. The van der Waals surface area contributed by atoms with Crippen molar-refractivity contribution in [3.8, 4) is 0 Å². The normalized spacial score (nSPS) is 27.3. The van der Waals surface area contributed by atoms with E-state index in [0.29, 0.717) is 23.0 Å². The van der Waals surface area contributed by atoms with Crippen LogP contribution in [0.25, 0.3) is 6.08 Å². The topological polar surface area (TPSA) is 132 Å². The molecular weight excluding hydrogens is 556 g/mol. The Morgan fingerprint density at radius 3 is 2.48 bits per heavy atom. The van der Waals surface area contributed by atoms with E-state index in [1.807, 2.05) is 25.3 Å². The molecule has 1 aliphatic rings. The molecule has 5 unspecified atom stereocenters. The number of nitrogens with one attached hydrogen (secondary N) is 1. The summed E-state index contributed by atoms with van der Waals surface area (Å²) in [5, 5.41) is 16.1. The molecule has 1 saturated heterocycles. The van der Waals surface area contributed by atoms with Crippen molar-refractivity contribution in [2.24, 2.45) is 23.2 Å². The van der Waals surface area contributed by atoms with E-state index in [4.69, 9.17) is 9.47 Å². The van der Waals surface area contributed by atoms with Crippen molar-refractivity contribution in [1.82, 2.24) is 10.3 Å². The molecular formula is C32H50N2O7S. The third-order valence-corrected chi connectivity index (χ3v) is 8.78. The summed E-state index contributed by atoms with van der Waals surface area (Å²) in [5.74, 6) is -2.01. The Kier molecular flexibility index (Phi) is 12.9. The largest absolute Gasteiger partial charge is 0.458 e. The van der Waals surface area contributed by atoms with E-state index < -0.39 is 53.4 Å². The number of amides is 1. The molecule has 10 heteroatoms. The van der Waals surface area contributed by atoms with Crippen LogP contribution in [0.5, 0.6) is 0 Å². The standard InChI is InChI=1S/C32H50N2O7S/c1-19-11-10-12-20(2)28(37)22(4)29(38)32(8,9)25(35)16-27(36)40-24(14-13-19)21(3)15-23-18-42-26(34-23)17-33-30(39)41-31(5,6)7/h15,18-20,22,24,28,37H,10-14,16-17H2,1-9H3,(H,33,39). The minimum absolute atomic E-state index is 0.0832. The van der Waals surface area contributed by atoms with Crippen LogP contribution in [0.2, 0.25) is 0 Å². The first kappa shape index (κ1) is 35.6. The minimum Gasteiger partial charge on any atom is -0.458 e. The number of aromatic nitrogens is 1. The zero-order valence-corrected chi connectivity index (χ0v) is 27.6. The average Bonchev–Trinajstić information content (AvgIpc) is 3.33. The molecule has 236 valence electrons. The summed E-state index contributed by atoms with van der Waals surface area (Å²) in [5.41, 5.74) is -0.539. The fraction of sp³-hybridized carbons (Fsp3) is 0.719. The van der Waals surface area contributed by atoms with E-state index in [9.17, 15) is 24.3 Å². The minimum atomic E-state index is -1.42. The number of nitrogens with zero attached hydrogens (tertiary/aromatic N) is 1. The van der Waals surface area contributed by atoms with Crippen LogP contribution >= 0.6 is 11.3 Å². The van der Waals surface area contributed by atoms with Gasteiger partial charge in [0.05, 0.1) is 23.8 Å². The quantitative estimate of drug-likeness (QED) is 0.303. The van der Waals surface area contributed by atoms with Gasteiger partial charge in [0.1, 0.15) is 23.1 Å². The predicted octanol–water partition coefficient (Wildman–Crippen LogP) is 6.27. The summed E-state index contributed by atoms with van der Waals surface area (Å²) in [6.07, 6.45) is 3.45. The first-order valence-corrected chi connectivity index (χ1v) is 15.8. The second-order valence-corrected chi connectivity index (χ2v) is 14.3. The first-order valence-electron chi connectivity index (χ1n) is 14.9. The molecule has 0 radical (unpaired) electrons. The number of rotatable bonds is 4. The number of alkyl carbamates (subject to hydrolysis) is 1. The second kappa shape index (κ2) is 15.2. The summed E-state index contributed by atoms with van der Waals surface area (Å²) in [6.45, 7) is 16.3. The van der Waals surface area contributed by atoms with Crippen LogP contribution in [0.1, 0.15) is 112 Å². The van der Waals surface area contributed by atoms with Gasteiger partial charge < -0.3 is 19.9 Å². The lowest BCUT2D eigenvalue weighted by Gasteiger charge is -2.31. The van der Waals surface area contributed by atoms with Gasteiger partial charge in [-0.3, -0.25) is 14.4 Å². The van der Waals surface area contributed by atoms with Crippen molar-refractivity contribution in [1.29, 1.82) is 0 Å². The van der Waals surface area contributed by atoms with Gasteiger partial charge in [-0.25, -0.2) is 9.78 Å². The van der Waals surface area contributed by atoms with Crippen LogP contribution in [0.15, 0.2) is 11.0 Å². The highest BCUT2D eigenvalue weighted by Crippen LogP contribution is 2.31. The average molecular weight is 607 g/mol. The van der Waals surface area contributed by atoms with Crippen LogP contribution in [0, 0.1) is 23.2 Å². The fourth-order valence-corrected chi connectivity index (χ4v) is 5.78. The summed E-state index contributed by atoms with van der Waals surface area (Å²) >= 11 is 1.40. The molecule has 0 saturated carbocycles. The maximum Gasteiger partial charge on any atom is 0.408 e. The van der Waals surface area contributed by atoms with Gasteiger partial charge in [-0.2, -0.15) is 0 Å². The molecule has 2 heterocycles. The molecule has 1 aliphatic heterocycles. The van der Waals surface area contributed by atoms with Crippen molar-refractivity contribution in [2.75, 3.05) is 0 Å². The van der Waals surface area contributed by atoms with Gasteiger partial charge >= 0.3 is 12.1 Å². The molecule has 2 N–H and O–H groups in total. The number of Topliss-reactive ketones (excluding diaryl/α,β-unsaturated/α-hetero) is 2. The summed E-state index contributed by atoms with van der Waals surface area (Å²) in [4.78, 5) is 55.9. The Labute approximate surface area is 254 Å². The van der Waals surface area contributed by atoms with Crippen molar-refractivity contribution in [3.05, 3.63) is 21.7 Å². The fourth-order valence-electron chi connectivity index (χ4n) is 5.09. The van der Waals surface area contributed by atoms with E-state index >= 15 is 0 Å². The molecule has 5 atom stereocenters. The van der Waals surface area contributed by atoms with Gasteiger partial charge in [-0.1, -0.05) is 33.6 Å². The SMILES string of the molecule is CC(=Cc1csc(CNC(=O)OC(C)(C)C)n1)C1CCC(C)CCCC(C)C(O)C(C)C(=O)C(C)(C)C(=O)CC(=O)O1. The number of aliphatic hydroxyl groups excluding tert-OH is 1. The molecule has 1 fully saturated rings. The molecule has 1 aromatic heterocycles. The molecule has 2 rings (SSSR count). The number of carbonyl (C=O) groups excluding carboxylic acids is 4. The van der Waals surface area contributed by atoms with Gasteiger partial charge in [0.15, 0.2) is 11.6 Å². The predicted molar refractivity (Wildman–Crippen MR) is 164 cm³/mol. The van der Waals surface area contributed by atoms with Crippen molar-refractivity contribution in [2.45, 2.75) is 125 Å². The van der Waals surface area contributed by atoms with Crippen LogP contribution in [0.4, 0.5) is 4.79 Å². The number of esters is 1. The summed E-state index contributed by atoms with van der Waals surface area (Å²) in [7, 11) is 0. The Morgan fingerprint density at radius 2 is 1.83 bits per heavy atom. The Bertz CT molecular complexity index is 1130. The van der Waals surface area contributed by atoms with Gasteiger partial charge in [0.2, 0.25) is 0 Å². The van der Waals surface area contributed by atoms with Gasteiger partial charge in [0.25, 0.3) is 0 Å². The first-order chi connectivity index (χ1) is 19.4. The lowest BCUT2D eigenvalue weighted by molar-refractivity contribution is -0.153. The van der Waals surface area contributed by atoms with E-state index in [2.05, 4.69) is 17.2 Å². The van der Waals surface area contributed by atoms with Crippen LogP contribution < -0.4 is 5.32 Å². The number of cyclic esters (lactones) is 1. The smallest absolute Gasteiger partial charge is 0.408 e. The molecule has 0 aromatic carbocycles. The van der Waals surface area contributed by atoms with Gasteiger partial charge in [-0.05, 0) is 84.3 Å². The van der Waals surface area contributed by atoms with E-state index in [1.165, 1.54) is 25.2 Å². The number of ether oxygens (including phenoxy) is 2. The van der Waals surface area contributed by atoms with Crippen molar-refractivity contribution >= 4 is 41.0 Å². The van der Waals surface area contributed by atoms with Gasteiger partial charge in [-0.15, -0.1) is 11.3 Å². The van der Waals surface area contributed by atoms with Crippen LogP contribution in [-0.2, 0) is 30.4 Å². The third kappa shape index (κ3) is 10.9. The Balaban J connectivity index is 2.21. The number of aliphatic hydroxyl groups is 1. The highest BCUT2D eigenvalue weighted by molar-refractivity contribution is 7.09. The van der Waals surface area contributed by atoms with Crippen molar-refractivity contribution in [3.63, 3.8) is 0 Å². The number of ketones is 2. The molecule has 0 bridgehead atoms. The summed E-state index contributed by atoms with van der Waals surface area (Å²) in [6, 6.07) is 0.